The maximum atomic E-state index is 14.7. The first-order valence-electron chi connectivity index (χ1n) is 15.2. The van der Waals surface area contributed by atoms with Crippen LogP contribution in [0.3, 0.4) is 0 Å². The van der Waals surface area contributed by atoms with Gasteiger partial charge in [0.15, 0.2) is 0 Å². The summed E-state index contributed by atoms with van der Waals surface area (Å²) in [6.45, 7) is 2.65. The Morgan fingerprint density at radius 1 is 1.00 bits per heavy atom. The number of fused-ring (bicyclic) bond motifs is 2. The van der Waals surface area contributed by atoms with Gasteiger partial charge in [0, 0.05) is 18.3 Å². The average molecular weight is 531 g/mol. The SMILES string of the molecule is COC(=O)Nc1cccc2c1CCC[C@]21C[NH2+]C[C@H]1C(=O)N1CC[C@@H](c2ccccc2)C[C@H]1C1CCCCC1. The monoisotopic (exact) mass is 530 g/mol. The number of nitrogens with one attached hydrogen (secondary N) is 1. The summed E-state index contributed by atoms with van der Waals surface area (Å²) in [4.78, 5) is 29.1. The highest BCUT2D eigenvalue weighted by Crippen LogP contribution is 2.47. The Bertz CT molecular complexity index is 1180. The van der Waals surface area contributed by atoms with Gasteiger partial charge in [0.05, 0.1) is 25.6 Å². The van der Waals surface area contributed by atoms with Gasteiger partial charge in [-0.05, 0) is 79.5 Å². The van der Waals surface area contributed by atoms with Crippen molar-refractivity contribution < 1.29 is 19.6 Å². The van der Waals surface area contributed by atoms with E-state index < -0.39 is 6.09 Å². The number of likely N-dealkylation sites (tertiary alicyclic amines) is 1. The molecule has 6 heteroatoms. The number of carbonyl (C=O) groups is 2. The quantitative estimate of drug-likeness (QED) is 0.585. The van der Waals surface area contributed by atoms with E-state index in [1.54, 1.807) is 0 Å². The summed E-state index contributed by atoms with van der Waals surface area (Å²) in [6, 6.07) is 17.5. The minimum absolute atomic E-state index is 0.0238. The molecule has 208 valence electrons. The number of quaternary nitrogens is 1. The van der Waals surface area contributed by atoms with Gasteiger partial charge in [-0.3, -0.25) is 10.1 Å². The second-order valence-corrected chi connectivity index (χ2v) is 12.4. The maximum absolute atomic E-state index is 14.7. The van der Waals surface area contributed by atoms with Crippen LogP contribution in [0.2, 0.25) is 0 Å². The molecule has 6 nitrogen and oxygen atoms in total. The molecule has 4 aliphatic rings. The van der Waals surface area contributed by atoms with Gasteiger partial charge < -0.3 is 15.0 Å². The first kappa shape index (κ1) is 26.4. The molecule has 6 rings (SSSR count). The molecule has 2 aromatic rings. The van der Waals surface area contributed by atoms with Crippen LogP contribution in [0.5, 0.6) is 0 Å². The highest BCUT2D eigenvalue weighted by Gasteiger charge is 2.55. The summed E-state index contributed by atoms with van der Waals surface area (Å²) in [5, 5.41) is 5.30. The van der Waals surface area contributed by atoms with E-state index in [9.17, 15) is 9.59 Å². The van der Waals surface area contributed by atoms with Crippen molar-refractivity contribution in [3.05, 3.63) is 65.2 Å². The molecule has 3 fully saturated rings. The fourth-order valence-corrected chi connectivity index (χ4v) is 8.57. The average Bonchev–Trinajstić information content (AvgIpc) is 3.41. The minimum atomic E-state index is -0.440. The number of ether oxygens (including phenoxy) is 1. The standard InChI is InChI=1S/C33H43N3O3/c1-39-32(38)35-29-16-8-15-27-26(29)14-9-18-33(27)22-34-21-28(33)31(37)36-19-17-25(23-10-4-2-5-11-23)20-30(36)24-12-6-3-7-13-24/h2,4-5,8,10-11,15-16,24-25,28,30,34H,3,6-7,9,12-14,17-22H2,1H3,(H,35,38)/p+1/t25-,28+,30+,33+/m1/s1. The Morgan fingerprint density at radius 2 is 1.82 bits per heavy atom. The summed E-state index contributed by atoms with van der Waals surface area (Å²) in [7, 11) is 1.40. The number of benzene rings is 2. The van der Waals surface area contributed by atoms with Crippen molar-refractivity contribution in [2.45, 2.75) is 81.6 Å². The molecule has 2 aliphatic heterocycles. The van der Waals surface area contributed by atoms with E-state index in [-0.39, 0.29) is 11.3 Å². The van der Waals surface area contributed by atoms with E-state index in [1.165, 1.54) is 55.9 Å². The van der Waals surface area contributed by atoms with Gasteiger partial charge in [-0.15, -0.1) is 0 Å². The first-order valence-corrected chi connectivity index (χ1v) is 15.2. The smallest absolute Gasteiger partial charge is 0.411 e. The van der Waals surface area contributed by atoms with Gasteiger partial charge in [0.2, 0.25) is 5.91 Å². The molecule has 0 bridgehead atoms. The second kappa shape index (κ2) is 11.3. The third kappa shape index (κ3) is 4.97. The topological polar surface area (TPSA) is 75.2 Å². The molecule has 0 unspecified atom stereocenters. The summed E-state index contributed by atoms with van der Waals surface area (Å²) in [6.07, 6.45) is 11.1. The molecule has 2 amide bonds. The van der Waals surface area contributed by atoms with Crippen LogP contribution in [0.15, 0.2) is 48.5 Å². The van der Waals surface area contributed by atoms with Crippen LogP contribution < -0.4 is 10.6 Å². The zero-order valence-corrected chi connectivity index (χ0v) is 23.4. The molecule has 39 heavy (non-hydrogen) atoms. The number of anilines is 1. The summed E-state index contributed by atoms with van der Waals surface area (Å²) in [5.74, 6) is 1.51. The molecule has 4 atom stereocenters. The number of hydrogen-bond acceptors (Lipinski definition) is 3. The summed E-state index contributed by atoms with van der Waals surface area (Å²) in [5.41, 5.74) is 4.55. The predicted molar refractivity (Wildman–Crippen MR) is 153 cm³/mol. The molecule has 2 aliphatic carbocycles. The Kier molecular flexibility index (Phi) is 7.66. The van der Waals surface area contributed by atoms with E-state index in [0.717, 1.165) is 57.4 Å². The number of methoxy groups -OCH3 is 1. The molecule has 1 saturated carbocycles. The fraction of sp³-hybridized carbons (Fsp3) is 0.576. The van der Waals surface area contributed by atoms with E-state index in [2.05, 4.69) is 51.9 Å². The lowest BCUT2D eigenvalue weighted by atomic mass is 9.63. The van der Waals surface area contributed by atoms with Gasteiger partial charge in [-0.25, -0.2) is 4.79 Å². The van der Waals surface area contributed by atoms with Crippen molar-refractivity contribution in [1.82, 2.24) is 4.90 Å². The molecule has 0 radical (unpaired) electrons. The summed E-state index contributed by atoms with van der Waals surface area (Å²) >= 11 is 0. The van der Waals surface area contributed by atoms with Crippen LogP contribution in [-0.4, -0.2) is 49.7 Å². The Hall–Kier alpha value is -2.86. The van der Waals surface area contributed by atoms with Crippen molar-refractivity contribution >= 4 is 17.7 Å². The van der Waals surface area contributed by atoms with Crippen molar-refractivity contribution in [3.63, 3.8) is 0 Å². The Labute approximate surface area is 232 Å². The van der Waals surface area contributed by atoms with Crippen molar-refractivity contribution in [1.29, 1.82) is 0 Å². The van der Waals surface area contributed by atoms with Crippen LogP contribution in [0.25, 0.3) is 0 Å². The number of carbonyl (C=O) groups excluding carboxylic acids is 2. The van der Waals surface area contributed by atoms with E-state index in [0.29, 0.717) is 23.8 Å². The largest absolute Gasteiger partial charge is 0.453 e. The molecule has 0 aromatic heterocycles. The van der Waals surface area contributed by atoms with Crippen LogP contribution in [0, 0.1) is 11.8 Å². The number of hydrogen-bond donors (Lipinski definition) is 2. The summed E-state index contributed by atoms with van der Waals surface area (Å²) < 4.78 is 4.89. The molecular formula is C33H44N3O3+. The van der Waals surface area contributed by atoms with E-state index >= 15 is 0 Å². The molecule has 3 N–H and O–H groups in total. The van der Waals surface area contributed by atoms with Crippen LogP contribution in [0.4, 0.5) is 10.5 Å². The molecule has 2 heterocycles. The van der Waals surface area contributed by atoms with Crippen molar-refractivity contribution in [3.8, 4) is 0 Å². The predicted octanol–water partition coefficient (Wildman–Crippen LogP) is 4.99. The number of nitrogens with zero attached hydrogens (tertiary/aromatic N) is 1. The third-order valence-electron chi connectivity index (χ3n) is 10.5. The van der Waals surface area contributed by atoms with Gasteiger partial charge >= 0.3 is 6.09 Å². The zero-order valence-electron chi connectivity index (χ0n) is 23.4. The molecule has 2 aromatic carbocycles. The number of nitrogens with two attached hydrogens (primary N) is 1. The molecule has 2 saturated heterocycles. The van der Waals surface area contributed by atoms with Crippen LogP contribution >= 0.6 is 0 Å². The molecule has 1 spiro atoms. The van der Waals surface area contributed by atoms with Gasteiger partial charge in [-0.2, -0.15) is 0 Å². The first-order chi connectivity index (χ1) is 19.1. The Morgan fingerprint density at radius 3 is 2.62 bits per heavy atom. The minimum Gasteiger partial charge on any atom is -0.453 e. The number of piperidine rings is 1. The van der Waals surface area contributed by atoms with Gasteiger partial charge in [0.25, 0.3) is 0 Å². The molecular weight excluding hydrogens is 486 g/mol. The number of amides is 2. The lowest BCUT2D eigenvalue weighted by molar-refractivity contribution is -0.640. The zero-order chi connectivity index (χ0) is 26.8. The highest BCUT2D eigenvalue weighted by atomic mass is 16.5. The maximum Gasteiger partial charge on any atom is 0.411 e. The van der Waals surface area contributed by atoms with Gasteiger partial charge in [-0.1, -0.05) is 61.7 Å². The fourth-order valence-electron chi connectivity index (χ4n) is 8.57. The highest BCUT2D eigenvalue weighted by molar-refractivity contribution is 5.87. The van der Waals surface area contributed by atoms with Crippen LogP contribution in [-0.2, 0) is 21.4 Å². The third-order valence-corrected chi connectivity index (χ3v) is 10.5. The van der Waals surface area contributed by atoms with E-state index in [4.69, 9.17) is 4.74 Å². The second-order valence-electron chi connectivity index (χ2n) is 12.4. The van der Waals surface area contributed by atoms with Crippen molar-refractivity contribution in [2.75, 3.05) is 32.1 Å². The van der Waals surface area contributed by atoms with Crippen molar-refractivity contribution in [2.24, 2.45) is 11.8 Å². The normalized spacial score (nSPS) is 29.2. The van der Waals surface area contributed by atoms with E-state index in [1.807, 2.05) is 12.1 Å². The lowest BCUT2D eigenvalue weighted by Gasteiger charge is -2.47. The van der Waals surface area contributed by atoms with Crippen LogP contribution in [0.1, 0.15) is 80.4 Å². The Balaban J connectivity index is 1.30. The lowest BCUT2D eigenvalue weighted by Crippen LogP contribution is -2.82. The van der Waals surface area contributed by atoms with Gasteiger partial charge in [0.1, 0.15) is 5.92 Å². The number of rotatable bonds is 4.